The molecule has 5 heteroatoms. The number of likely N-dealkylation sites (tertiary alicyclic amines) is 2. The Balaban J connectivity index is 1.44. The zero-order valence-corrected chi connectivity index (χ0v) is 19.6. The Kier molecular flexibility index (Phi) is 8.20. The zero-order chi connectivity index (χ0) is 20.3. The van der Waals surface area contributed by atoms with Crippen LogP contribution in [0.25, 0.3) is 0 Å². The van der Waals surface area contributed by atoms with Crippen LogP contribution in [0, 0.1) is 5.92 Å². The summed E-state index contributed by atoms with van der Waals surface area (Å²) in [5.74, 6) is 0.859. The monoisotopic (exact) mass is 393 g/mol. The van der Waals surface area contributed by atoms with Crippen molar-refractivity contribution in [1.29, 1.82) is 0 Å². The molecule has 28 heavy (non-hydrogen) atoms. The van der Waals surface area contributed by atoms with E-state index in [2.05, 4.69) is 66.3 Å². The summed E-state index contributed by atoms with van der Waals surface area (Å²) in [6.45, 7) is 20.7. The maximum atomic E-state index is 2.83. The topological polar surface area (TPSA) is 16.2 Å². The molecule has 0 saturated carbocycles. The molecule has 0 aromatic rings. The number of likely N-dealkylation sites (N-methyl/N-ethyl adjacent to an activating group) is 2. The summed E-state index contributed by atoms with van der Waals surface area (Å²) in [5.41, 5.74) is 0. The van der Waals surface area contributed by atoms with E-state index >= 15 is 0 Å². The van der Waals surface area contributed by atoms with Crippen LogP contribution in [0.1, 0.15) is 47.0 Å². The predicted molar refractivity (Wildman–Crippen MR) is 120 cm³/mol. The molecule has 3 fully saturated rings. The van der Waals surface area contributed by atoms with Crippen LogP contribution in [0.2, 0.25) is 0 Å². The Bertz CT molecular complexity index is 460. The Morgan fingerprint density at radius 2 is 1.43 bits per heavy atom. The molecule has 164 valence electrons. The quantitative estimate of drug-likeness (QED) is 0.657. The fourth-order valence-corrected chi connectivity index (χ4v) is 5.62. The van der Waals surface area contributed by atoms with Crippen molar-refractivity contribution in [2.45, 2.75) is 71.1 Å². The number of hydrogen-bond donors (Lipinski definition) is 0. The van der Waals surface area contributed by atoms with Crippen LogP contribution < -0.4 is 0 Å². The average Bonchev–Trinajstić information content (AvgIpc) is 3.12. The molecule has 3 aliphatic heterocycles. The highest BCUT2D eigenvalue weighted by atomic mass is 15.3. The highest BCUT2D eigenvalue weighted by Gasteiger charge is 2.32. The maximum absolute atomic E-state index is 2.83. The van der Waals surface area contributed by atoms with Crippen molar-refractivity contribution in [3.63, 3.8) is 0 Å². The van der Waals surface area contributed by atoms with Gasteiger partial charge in [0.2, 0.25) is 0 Å². The second-order valence-corrected chi connectivity index (χ2v) is 10.5. The standard InChI is InChI=1S/C23H47N5/c1-19(2)26-11-8-22(9-12-26)28-14-13-25(6)23(18-28)17-24(5)15-21-7-10-27(16-21)20(3)4/h19-23H,7-18H2,1-6H3. The average molecular weight is 394 g/mol. The highest BCUT2D eigenvalue weighted by Crippen LogP contribution is 2.23. The van der Waals surface area contributed by atoms with Crippen LogP contribution in [0.3, 0.4) is 0 Å². The van der Waals surface area contributed by atoms with Gasteiger partial charge in [0, 0.05) is 63.4 Å². The highest BCUT2D eigenvalue weighted by molar-refractivity contribution is 4.89. The first-order chi connectivity index (χ1) is 13.3. The Morgan fingerprint density at radius 3 is 2.04 bits per heavy atom. The number of hydrogen-bond acceptors (Lipinski definition) is 5. The van der Waals surface area contributed by atoms with Gasteiger partial charge in [-0.2, -0.15) is 0 Å². The Hall–Kier alpha value is -0.200. The van der Waals surface area contributed by atoms with Crippen LogP contribution in [0.5, 0.6) is 0 Å². The molecule has 5 nitrogen and oxygen atoms in total. The molecule has 2 unspecified atom stereocenters. The molecular weight excluding hydrogens is 346 g/mol. The van der Waals surface area contributed by atoms with Crippen LogP contribution >= 0.6 is 0 Å². The molecule has 0 N–H and O–H groups in total. The molecule has 2 atom stereocenters. The second-order valence-electron chi connectivity index (χ2n) is 10.5. The van der Waals surface area contributed by atoms with Crippen molar-refractivity contribution < 1.29 is 0 Å². The lowest BCUT2D eigenvalue weighted by Gasteiger charge is -2.46. The summed E-state index contributed by atoms with van der Waals surface area (Å²) in [5, 5.41) is 0. The van der Waals surface area contributed by atoms with Crippen molar-refractivity contribution in [1.82, 2.24) is 24.5 Å². The van der Waals surface area contributed by atoms with Crippen LogP contribution in [0.4, 0.5) is 0 Å². The first-order valence-electron chi connectivity index (χ1n) is 11.9. The van der Waals surface area contributed by atoms with E-state index in [-0.39, 0.29) is 0 Å². The van der Waals surface area contributed by atoms with Gasteiger partial charge in [0.15, 0.2) is 0 Å². The van der Waals surface area contributed by atoms with Gasteiger partial charge in [-0.3, -0.25) is 9.80 Å². The predicted octanol–water partition coefficient (Wildman–Crippen LogP) is 2.14. The number of piperidine rings is 1. The fourth-order valence-electron chi connectivity index (χ4n) is 5.62. The maximum Gasteiger partial charge on any atom is 0.0347 e. The summed E-state index contributed by atoms with van der Waals surface area (Å²) in [6.07, 6.45) is 4.10. The third-order valence-electron chi connectivity index (χ3n) is 7.69. The molecule has 0 aliphatic carbocycles. The van der Waals surface area contributed by atoms with E-state index < -0.39 is 0 Å². The molecule has 0 radical (unpaired) electrons. The molecule has 3 rings (SSSR count). The van der Waals surface area contributed by atoms with Gasteiger partial charge in [-0.25, -0.2) is 0 Å². The van der Waals surface area contributed by atoms with Gasteiger partial charge >= 0.3 is 0 Å². The van der Waals surface area contributed by atoms with Crippen molar-refractivity contribution in [2.75, 3.05) is 73.0 Å². The van der Waals surface area contributed by atoms with E-state index in [0.717, 1.165) is 12.0 Å². The van der Waals surface area contributed by atoms with E-state index in [1.165, 1.54) is 78.2 Å². The van der Waals surface area contributed by atoms with E-state index in [1.807, 2.05) is 0 Å². The van der Waals surface area contributed by atoms with E-state index in [0.29, 0.717) is 18.1 Å². The summed E-state index contributed by atoms with van der Waals surface area (Å²) in [6, 6.07) is 2.91. The number of piperazine rings is 1. The summed E-state index contributed by atoms with van der Waals surface area (Å²) >= 11 is 0. The minimum Gasteiger partial charge on any atom is -0.304 e. The van der Waals surface area contributed by atoms with Crippen molar-refractivity contribution in [3.8, 4) is 0 Å². The minimum absolute atomic E-state index is 0.685. The Morgan fingerprint density at radius 1 is 0.786 bits per heavy atom. The molecule has 3 aliphatic rings. The van der Waals surface area contributed by atoms with Gasteiger partial charge < -0.3 is 14.7 Å². The van der Waals surface area contributed by atoms with E-state index in [9.17, 15) is 0 Å². The number of nitrogens with zero attached hydrogens (tertiary/aromatic N) is 5. The van der Waals surface area contributed by atoms with Crippen LogP contribution in [-0.2, 0) is 0 Å². The first kappa shape index (κ1) is 22.5. The molecular formula is C23H47N5. The SMILES string of the molecule is CC(C)N1CCC(N2CCN(C)C(CN(C)CC3CCN(C(C)C)C3)C2)CC1. The Labute approximate surface area is 175 Å². The minimum atomic E-state index is 0.685. The van der Waals surface area contributed by atoms with Gasteiger partial charge in [0.1, 0.15) is 0 Å². The van der Waals surface area contributed by atoms with Crippen molar-refractivity contribution in [3.05, 3.63) is 0 Å². The van der Waals surface area contributed by atoms with Gasteiger partial charge in [-0.05, 0) is 86.6 Å². The zero-order valence-electron chi connectivity index (χ0n) is 19.6. The smallest absolute Gasteiger partial charge is 0.0347 e. The van der Waals surface area contributed by atoms with Crippen LogP contribution in [0.15, 0.2) is 0 Å². The third kappa shape index (κ3) is 5.91. The number of rotatable bonds is 7. The summed E-state index contributed by atoms with van der Waals surface area (Å²) in [7, 11) is 4.69. The molecule has 0 spiro atoms. The molecule has 0 aromatic carbocycles. The molecule has 3 heterocycles. The molecule has 0 aromatic heterocycles. The summed E-state index contributed by atoms with van der Waals surface area (Å²) < 4.78 is 0. The first-order valence-corrected chi connectivity index (χ1v) is 11.9. The van der Waals surface area contributed by atoms with Crippen molar-refractivity contribution >= 4 is 0 Å². The third-order valence-corrected chi connectivity index (χ3v) is 7.69. The lowest BCUT2D eigenvalue weighted by molar-refractivity contribution is 0.0212. The van der Waals surface area contributed by atoms with Crippen molar-refractivity contribution in [2.24, 2.45) is 5.92 Å². The van der Waals surface area contributed by atoms with Gasteiger partial charge in [-0.15, -0.1) is 0 Å². The lowest BCUT2D eigenvalue weighted by Crippen LogP contribution is -2.59. The van der Waals surface area contributed by atoms with Gasteiger partial charge in [-0.1, -0.05) is 0 Å². The van der Waals surface area contributed by atoms with Gasteiger partial charge in [0.05, 0.1) is 0 Å². The van der Waals surface area contributed by atoms with Gasteiger partial charge in [0.25, 0.3) is 0 Å². The summed E-state index contributed by atoms with van der Waals surface area (Å²) in [4.78, 5) is 13.4. The normalized spacial score (nSPS) is 30.3. The van der Waals surface area contributed by atoms with E-state index in [4.69, 9.17) is 0 Å². The molecule has 3 saturated heterocycles. The van der Waals surface area contributed by atoms with E-state index in [1.54, 1.807) is 0 Å². The largest absolute Gasteiger partial charge is 0.304 e. The van der Waals surface area contributed by atoms with Crippen LogP contribution in [-0.4, -0.2) is 122 Å². The molecule has 0 amide bonds. The second kappa shape index (κ2) is 10.2. The molecule has 0 bridgehead atoms. The lowest BCUT2D eigenvalue weighted by atomic mass is 9.99. The fraction of sp³-hybridized carbons (Fsp3) is 1.00.